The number of nitrogens with zero attached hydrogens (tertiary/aromatic N) is 4. The molecule has 1 aromatic heterocycles. The zero-order chi connectivity index (χ0) is 17.0. The molecular weight excluding hydrogens is 316 g/mol. The van der Waals surface area contributed by atoms with Crippen LogP contribution in [0, 0.1) is 0 Å². The molecule has 0 atom stereocenters. The van der Waals surface area contributed by atoms with E-state index in [1.54, 1.807) is 18.2 Å². The molecule has 0 saturated carbocycles. The van der Waals surface area contributed by atoms with Crippen molar-refractivity contribution in [3.8, 4) is 0 Å². The highest BCUT2D eigenvalue weighted by atomic mass is 32.2. The second-order valence-corrected chi connectivity index (χ2v) is 6.70. The monoisotopic (exact) mass is 336 g/mol. The molecule has 0 aliphatic rings. The van der Waals surface area contributed by atoms with Gasteiger partial charge in [0.15, 0.2) is 0 Å². The summed E-state index contributed by atoms with van der Waals surface area (Å²) in [6.07, 6.45) is 1.72. The van der Waals surface area contributed by atoms with Crippen LogP contribution in [-0.2, 0) is 16.3 Å². The first-order valence-electron chi connectivity index (χ1n) is 7.49. The number of carbonyl (C=O) groups excluding carboxylic acids is 1. The second-order valence-electron chi connectivity index (χ2n) is 4.89. The molecule has 0 fully saturated rings. The van der Waals surface area contributed by atoms with Gasteiger partial charge >= 0.3 is 6.03 Å². The average molecular weight is 336 g/mol. The van der Waals surface area contributed by atoms with E-state index in [1.165, 1.54) is 11.0 Å². The Balaban J connectivity index is 2.41. The largest absolute Gasteiger partial charge is 0.346 e. The molecule has 0 saturated heterocycles. The molecule has 1 heterocycles. The molecule has 0 unspecified atom stereocenters. The molecule has 1 aromatic carbocycles. The van der Waals surface area contributed by atoms with Gasteiger partial charge in [-0.2, -0.15) is 4.68 Å². The van der Waals surface area contributed by atoms with Gasteiger partial charge in [-0.05, 0) is 31.9 Å². The molecule has 8 heteroatoms. The molecule has 2 aromatic rings. The minimum atomic E-state index is -3.85. The lowest BCUT2D eigenvalue weighted by atomic mass is 10.2. The van der Waals surface area contributed by atoms with E-state index >= 15 is 0 Å². The van der Waals surface area contributed by atoms with E-state index in [0.717, 1.165) is 11.0 Å². The third kappa shape index (κ3) is 3.26. The maximum Gasteiger partial charge on any atom is 0.346 e. The number of benzene rings is 1. The van der Waals surface area contributed by atoms with Gasteiger partial charge in [0, 0.05) is 13.1 Å². The molecule has 1 amide bonds. The first-order valence-corrected chi connectivity index (χ1v) is 8.97. The predicted octanol–water partition coefficient (Wildman–Crippen LogP) is 1.98. The Labute approximate surface area is 135 Å². The van der Waals surface area contributed by atoms with Gasteiger partial charge in [-0.25, -0.2) is 18.2 Å². The number of aryl methyl sites for hydroxylation is 1. The van der Waals surface area contributed by atoms with Crippen LogP contribution in [0.2, 0.25) is 0 Å². The van der Waals surface area contributed by atoms with Gasteiger partial charge in [0.05, 0.1) is 4.90 Å². The van der Waals surface area contributed by atoms with Crippen molar-refractivity contribution in [3.05, 3.63) is 36.2 Å². The predicted molar refractivity (Wildman–Crippen MR) is 85.0 cm³/mol. The van der Waals surface area contributed by atoms with Gasteiger partial charge in [0.25, 0.3) is 5.16 Å². The third-order valence-electron chi connectivity index (χ3n) is 3.58. The molecule has 7 nitrogen and oxygen atoms in total. The standard InChI is InChI=1S/C15H20N4O3S/c1-4-12-9-7-8-10-13(12)23(21,22)14-16-11-19(17-14)15(20)18(5-2)6-3/h7-11H,4-6H2,1-3H3. The summed E-state index contributed by atoms with van der Waals surface area (Å²) >= 11 is 0. The Morgan fingerprint density at radius 3 is 2.43 bits per heavy atom. The SMILES string of the molecule is CCc1ccccc1S(=O)(=O)c1ncn(C(=O)N(CC)CC)n1. The fraction of sp³-hybridized carbons (Fsp3) is 0.400. The first kappa shape index (κ1) is 17.1. The van der Waals surface area contributed by atoms with E-state index in [-0.39, 0.29) is 10.1 Å². The van der Waals surface area contributed by atoms with E-state index < -0.39 is 15.9 Å². The number of hydrogen-bond donors (Lipinski definition) is 0. The summed E-state index contributed by atoms with van der Waals surface area (Å²) in [5.41, 5.74) is 0.693. The van der Waals surface area contributed by atoms with Crippen LogP contribution in [-0.4, -0.2) is 47.2 Å². The minimum absolute atomic E-state index is 0.176. The van der Waals surface area contributed by atoms with E-state index in [4.69, 9.17) is 0 Å². The van der Waals surface area contributed by atoms with Crippen LogP contribution < -0.4 is 0 Å². The van der Waals surface area contributed by atoms with Crippen molar-refractivity contribution >= 4 is 15.9 Å². The zero-order valence-corrected chi connectivity index (χ0v) is 14.2. The zero-order valence-electron chi connectivity index (χ0n) is 13.4. The number of aromatic nitrogens is 3. The van der Waals surface area contributed by atoms with Crippen LogP contribution in [0.25, 0.3) is 0 Å². The summed E-state index contributed by atoms with van der Waals surface area (Å²) in [7, 11) is -3.85. The molecule has 0 N–H and O–H groups in total. The van der Waals surface area contributed by atoms with Crippen LogP contribution in [0.4, 0.5) is 4.79 Å². The van der Waals surface area contributed by atoms with Crippen molar-refractivity contribution in [2.24, 2.45) is 0 Å². The van der Waals surface area contributed by atoms with Crippen molar-refractivity contribution < 1.29 is 13.2 Å². The Bertz CT molecular complexity index is 795. The van der Waals surface area contributed by atoms with Crippen molar-refractivity contribution in [3.63, 3.8) is 0 Å². The molecule has 0 radical (unpaired) electrons. The van der Waals surface area contributed by atoms with Crippen molar-refractivity contribution in [2.45, 2.75) is 37.2 Å². The summed E-state index contributed by atoms with van der Waals surface area (Å²) < 4.78 is 26.4. The third-order valence-corrected chi connectivity index (χ3v) is 5.23. The molecule has 2 rings (SSSR count). The molecule has 0 bridgehead atoms. The molecule has 0 aliphatic heterocycles. The number of sulfone groups is 1. The lowest BCUT2D eigenvalue weighted by molar-refractivity contribution is 0.201. The first-order chi connectivity index (χ1) is 11.0. The number of rotatable bonds is 5. The van der Waals surface area contributed by atoms with E-state index in [0.29, 0.717) is 25.1 Å². The summed E-state index contributed by atoms with van der Waals surface area (Å²) in [5.74, 6) is 0. The lowest BCUT2D eigenvalue weighted by Gasteiger charge is -2.17. The highest BCUT2D eigenvalue weighted by Gasteiger charge is 2.26. The Hall–Kier alpha value is -2.22. The van der Waals surface area contributed by atoms with Gasteiger partial charge < -0.3 is 4.90 Å². The number of hydrogen-bond acceptors (Lipinski definition) is 5. The maximum absolute atomic E-state index is 12.7. The van der Waals surface area contributed by atoms with Gasteiger partial charge in [-0.1, -0.05) is 25.1 Å². The van der Waals surface area contributed by atoms with Gasteiger partial charge in [-0.3, -0.25) is 0 Å². The topological polar surface area (TPSA) is 85.2 Å². The van der Waals surface area contributed by atoms with Crippen LogP contribution in [0.1, 0.15) is 26.3 Å². The molecule has 0 spiro atoms. The van der Waals surface area contributed by atoms with Gasteiger partial charge in [0.2, 0.25) is 9.84 Å². The van der Waals surface area contributed by atoms with Crippen molar-refractivity contribution in [1.82, 2.24) is 19.7 Å². The Kier molecular flexibility index (Phi) is 5.15. The summed E-state index contributed by atoms with van der Waals surface area (Å²) in [6, 6.07) is 6.33. The summed E-state index contributed by atoms with van der Waals surface area (Å²) in [4.78, 5) is 17.7. The average Bonchev–Trinajstić information content (AvgIpc) is 3.06. The summed E-state index contributed by atoms with van der Waals surface area (Å²) in [6.45, 7) is 6.58. The highest BCUT2D eigenvalue weighted by molar-refractivity contribution is 7.91. The molecule has 0 aliphatic carbocycles. The quantitative estimate of drug-likeness (QED) is 0.833. The Morgan fingerprint density at radius 1 is 1.17 bits per heavy atom. The van der Waals surface area contributed by atoms with Gasteiger partial charge in [-0.15, -0.1) is 5.10 Å². The second kappa shape index (κ2) is 6.91. The fourth-order valence-electron chi connectivity index (χ4n) is 2.26. The molecule has 23 heavy (non-hydrogen) atoms. The number of amides is 1. The lowest BCUT2D eigenvalue weighted by Crippen LogP contribution is -2.34. The van der Waals surface area contributed by atoms with Crippen molar-refractivity contribution in [1.29, 1.82) is 0 Å². The van der Waals surface area contributed by atoms with Crippen molar-refractivity contribution in [2.75, 3.05) is 13.1 Å². The summed E-state index contributed by atoms with van der Waals surface area (Å²) in [5, 5.41) is 3.51. The van der Waals surface area contributed by atoms with E-state index in [1.807, 2.05) is 20.8 Å². The van der Waals surface area contributed by atoms with Crippen LogP contribution >= 0.6 is 0 Å². The normalized spacial score (nSPS) is 11.4. The fourth-order valence-corrected chi connectivity index (χ4v) is 3.65. The van der Waals surface area contributed by atoms with E-state index in [2.05, 4.69) is 10.1 Å². The van der Waals surface area contributed by atoms with Gasteiger partial charge in [0.1, 0.15) is 6.33 Å². The molecular formula is C15H20N4O3S. The maximum atomic E-state index is 12.7. The molecule has 124 valence electrons. The van der Waals surface area contributed by atoms with Crippen LogP contribution in [0.15, 0.2) is 40.6 Å². The van der Waals surface area contributed by atoms with Crippen LogP contribution in [0.3, 0.4) is 0 Å². The number of carbonyl (C=O) groups is 1. The van der Waals surface area contributed by atoms with E-state index in [9.17, 15) is 13.2 Å². The minimum Gasteiger partial charge on any atom is -0.323 e. The Morgan fingerprint density at radius 2 is 1.83 bits per heavy atom. The van der Waals surface area contributed by atoms with Crippen LogP contribution in [0.5, 0.6) is 0 Å². The highest BCUT2D eigenvalue weighted by Crippen LogP contribution is 2.21. The smallest absolute Gasteiger partial charge is 0.323 e.